The minimum Gasteiger partial charge on any atom is -0.349 e. The van der Waals surface area contributed by atoms with E-state index in [4.69, 9.17) is 0 Å². The molecule has 0 spiro atoms. The van der Waals surface area contributed by atoms with Gasteiger partial charge in [-0.05, 0) is 25.0 Å². The number of nitrogens with one attached hydrogen (secondary N) is 1. The number of rotatable bonds is 3. The molecule has 6 nitrogen and oxygen atoms in total. The van der Waals surface area contributed by atoms with Gasteiger partial charge < -0.3 is 5.32 Å². The molecule has 0 unspecified atom stereocenters. The summed E-state index contributed by atoms with van der Waals surface area (Å²) in [6, 6.07) is 3.91. The summed E-state index contributed by atoms with van der Waals surface area (Å²) in [7, 11) is 0. The first kappa shape index (κ1) is 18.5. The zero-order chi connectivity index (χ0) is 18.0. The SMILES string of the molecule is O=C(NC1CCCCCCCCCCC1)c1ccc(-n2cnnc2)nc1. The van der Waals surface area contributed by atoms with Crippen LogP contribution in [0.2, 0.25) is 0 Å². The van der Waals surface area contributed by atoms with Crippen LogP contribution in [0.25, 0.3) is 5.82 Å². The van der Waals surface area contributed by atoms with Crippen molar-refractivity contribution in [1.29, 1.82) is 0 Å². The van der Waals surface area contributed by atoms with Crippen LogP contribution in [-0.4, -0.2) is 31.7 Å². The number of pyridine rings is 1. The molecule has 0 aromatic carbocycles. The molecule has 1 fully saturated rings. The van der Waals surface area contributed by atoms with Crippen molar-refractivity contribution in [2.75, 3.05) is 0 Å². The van der Waals surface area contributed by atoms with Crippen molar-refractivity contribution in [2.45, 2.75) is 76.7 Å². The van der Waals surface area contributed by atoms with Crippen LogP contribution < -0.4 is 5.32 Å². The van der Waals surface area contributed by atoms with Crippen molar-refractivity contribution < 1.29 is 4.79 Å². The summed E-state index contributed by atoms with van der Waals surface area (Å²) < 4.78 is 1.72. The zero-order valence-corrected chi connectivity index (χ0v) is 15.4. The lowest BCUT2D eigenvalue weighted by molar-refractivity contribution is 0.0931. The number of amides is 1. The zero-order valence-electron chi connectivity index (χ0n) is 15.4. The van der Waals surface area contributed by atoms with Crippen LogP contribution in [0.1, 0.15) is 81.0 Å². The number of aromatic nitrogens is 4. The molecular formula is C20H29N5O. The van der Waals surface area contributed by atoms with E-state index in [9.17, 15) is 4.79 Å². The smallest absolute Gasteiger partial charge is 0.253 e. The molecule has 1 saturated carbocycles. The average Bonchev–Trinajstić information content (AvgIpc) is 3.19. The van der Waals surface area contributed by atoms with E-state index in [0.29, 0.717) is 11.4 Å². The molecule has 1 amide bonds. The topological polar surface area (TPSA) is 72.7 Å². The quantitative estimate of drug-likeness (QED) is 0.901. The second-order valence-corrected chi connectivity index (χ2v) is 7.20. The number of hydrogen-bond donors (Lipinski definition) is 1. The molecule has 0 radical (unpaired) electrons. The van der Waals surface area contributed by atoms with Crippen LogP contribution in [0.4, 0.5) is 0 Å². The Hall–Kier alpha value is -2.24. The highest BCUT2D eigenvalue weighted by molar-refractivity contribution is 5.94. The minimum absolute atomic E-state index is 0.0232. The van der Waals surface area contributed by atoms with Crippen molar-refractivity contribution in [2.24, 2.45) is 0 Å². The number of carbonyl (C=O) groups excluding carboxylic acids is 1. The molecule has 0 atom stereocenters. The van der Waals surface area contributed by atoms with Crippen molar-refractivity contribution >= 4 is 5.91 Å². The van der Waals surface area contributed by atoms with Crippen molar-refractivity contribution in [3.63, 3.8) is 0 Å². The molecule has 2 aromatic rings. The van der Waals surface area contributed by atoms with Gasteiger partial charge in [-0.1, -0.05) is 57.8 Å². The normalized spacial score (nSPS) is 17.8. The van der Waals surface area contributed by atoms with E-state index >= 15 is 0 Å². The fraction of sp³-hybridized carbons (Fsp3) is 0.600. The Labute approximate surface area is 155 Å². The third-order valence-electron chi connectivity index (χ3n) is 5.13. The van der Waals surface area contributed by atoms with Crippen LogP contribution in [0.5, 0.6) is 0 Å². The molecule has 1 aliphatic carbocycles. The summed E-state index contributed by atoms with van der Waals surface area (Å²) in [5, 5.41) is 10.8. The molecule has 0 aliphatic heterocycles. The largest absolute Gasteiger partial charge is 0.349 e. The Balaban J connectivity index is 1.55. The van der Waals surface area contributed by atoms with Crippen LogP contribution in [0.15, 0.2) is 31.0 Å². The predicted octanol–water partition coefficient (Wildman–Crippen LogP) is 4.07. The third-order valence-corrected chi connectivity index (χ3v) is 5.13. The van der Waals surface area contributed by atoms with Gasteiger partial charge in [0.2, 0.25) is 0 Å². The van der Waals surface area contributed by atoms with Gasteiger partial charge in [0, 0.05) is 12.2 Å². The van der Waals surface area contributed by atoms with E-state index in [-0.39, 0.29) is 11.9 Å². The first-order chi connectivity index (χ1) is 12.8. The monoisotopic (exact) mass is 355 g/mol. The van der Waals surface area contributed by atoms with E-state index in [1.54, 1.807) is 23.4 Å². The maximum absolute atomic E-state index is 12.6. The van der Waals surface area contributed by atoms with Gasteiger partial charge in [-0.2, -0.15) is 0 Å². The summed E-state index contributed by atoms with van der Waals surface area (Å²) >= 11 is 0. The molecule has 1 N–H and O–H groups in total. The number of nitrogens with zero attached hydrogens (tertiary/aromatic N) is 4. The fourth-order valence-electron chi connectivity index (χ4n) is 3.57. The van der Waals surface area contributed by atoms with Gasteiger partial charge in [0.15, 0.2) is 0 Å². The molecule has 140 valence electrons. The predicted molar refractivity (Wildman–Crippen MR) is 101 cm³/mol. The Morgan fingerprint density at radius 2 is 1.46 bits per heavy atom. The highest BCUT2D eigenvalue weighted by atomic mass is 16.1. The Bertz CT molecular complexity index is 641. The molecule has 2 heterocycles. The first-order valence-corrected chi connectivity index (χ1v) is 9.95. The summed E-state index contributed by atoms with van der Waals surface area (Å²) in [5.74, 6) is 0.683. The van der Waals surface area contributed by atoms with E-state index in [0.717, 1.165) is 12.8 Å². The molecule has 2 aromatic heterocycles. The molecule has 6 heteroatoms. The lowest BCUT2D eigenvalue weighted by Crippen LogP contribution is -2.35. The summed E-state index contributed by atoms with van der Waals surface area (Å²) in [6.07, 6.45) is 18.7. The van der Waals surface area contributed by atoms with Gasteiger partial charge in [0.25, 0.3) is 5.91 Å². The molecule has 3 rings (SSSR count). The summed E-state index contributed by atoms with van der Waals surface area (Å²) in [5.41, 5.74) is 0.605. The number of hydrogen-bond acceptors (Lipinski definition) is 4. The van der Waals surface area contributed by atoms with Crippen LogP contribution in [0, 0.1) is 0 Å². The van der Waals surface area contributed by atoms with Crippen LogP contribution >= 0.6 is 0 Å². The van der Waals surface area contributed by atoms with E-state index in [1.165, 1.54) is 57.8 Å². The molecule has 26 heavy (non-hydrogen) atoms. The van der Waals surface area contributed by atoms with Gasteiger partial charge in [-0.25, -0.2) is 4.98 Å². The fourth-order valence-corrected chi connectivity index (χ4v) is 3.57. The molecule has 0 saturated heterocycles. The Morgan fingerprint density at radius 3 is 2.00 bits per heavy atom. The summed E-state index contributed by atoms with van der Waals surface area (Å²) in [6.45, 7) is 0. The molecule has 1 aliphatic rings. The van der Waals surface area contributed by atoms with Crippen molar-refractivity contribution in [3.05, 3.63) is 36.5 Å². The molecular weight excluding hydrogens is 326 g/mol. The minimum atomic E-state index is -0.0232. The second-order valence-electron chi connectivity index (χ2n) is 7.20. The lowest BCUT2D eigenvalue weighted by Gasteiger charge is -2.19. The van der Waals surface area contributed by atoms with Gasteiger partial charge in [-0.3, -0.25) is 9.36 Å². The van der Waals surface area contributed by atoms with Crippen LogP contribution in [-0.2, 0) is 0 Å². The van der Waals surface area contributed by atoms with E-state index < -0.39 is 0 Å². The highest BCUT2D eigenvalue weighted by Gasteiger charge is 2.14. The third kappa shape index (κ3) is 5.64. The van der Waals surface area contributed by atoms with Gasteiger partial charge >= 0.3 is 0 Å². The average molecular weight is 355 g/mol. The van der Waals surface area contributed by atoms with Gasteiger partial charge in [0.05, 0.1) is 5.56 Å². The highest BCUT2D eigenvalue weighted by Crippen LogP contribution is 2.17. The second kappa shape index (κ2) is 10.0. The van der Waals surface area contributed by atoms with Gasteiger partial charge in [-0.15, -0.1) is 10.2 Å². The first-order valence-electron chi connectivity index (χ1n) is 9.95. The van der Waals surface area contributed by atoms with E-state index in [2.05, 4.69) is 20.5 Å². The maximum Gasteiger partial charge on any atom is 0.253 e. The Morgan fingerprint density at radius 1 is 0.885 bits per heavy atom. The van der Waals surface area contributed by atoms with Crippen molar-refractivity contribution in [1.82, 2.24) is 25.1 Å². The lowest BCUT2D eigenvalue weighted by atomic mass is 9.98. The van der Waals surface area contributed by atoms with Crippen LogP contribution in [0.3, 0.4) is 0 Å². The number of carbonyl (C=O) groups is 1. The Kier molecular flexibility index (Phi) is 7.16. The standard InChI is InChI=1S/C20H29N5O/c26-20(17-12-13-19(21-14-17)25-15-22-23-16-25)24-18-10-8-6-4-2-1-3-5-7-9-11-18/h12-16,18H,1-11H2,(H,24,26). The maximum atomic E-state index is 12.6. The summed E-state index contributed by atoms with van der Waals surface area (Å²) in [4.78, 5) is 16.9. The van der Waals surface area contributed by atoms with Crippen molar-refractivity contribution in [3.8, 4) is 5.82 Å². The van der Waals surface area contributed by atoms with E-state index in [1.807, 2.05) is 12.1 Å². The molecule has 0 bridgehead atoms. The van der Waals surface area contributed by atoms with Gasteiger partial charge in [0.1, 0.15) is 18.5 Å².